The first-order valence-electron chi connectivity index (χ1n) is 11.6. The van der Waals surface area contributed by atoms with Crippen LogP contribution < -0.4 is 0 Å². The number of hydrogen-bond donors (Lipinski definition) is 3. The van der Waals surface area contributed by atoms with Crippen LogP contribution in [0.25, 0.3) is 0 Å². The second-order valence-electron chi connectivity index (χ2n) is 8.71. The number of Topliss-reactive ketones (excluding diaryl/α,β-unsaturated/α-hetero) is 1. The molecule has 0 bridgehead atoms. The molecule has 1 unspecified atom stereocenters. The lowest BCUT2D eigenvalue weighted by molar-refractivity contribution is 0.0392. The summed E-state index contributed by atoms with van der Waals surface area (Å²) in [6.07, 6.45) is 0. The van der Waals surface area contributed by atoms with E-state index in [2.05, 4.69) is 0 Å². The van der Waals surface area contributed by atoms with Crippen molar-refractivity contribution in [1.82, 2.24) is 0 Å². The maximum Gasteiger partial charge on any atom is 0.294 e. The number of rotatable bonds is 5. The second kappa shape index (κ2) is 13.4. The highest BCUT2D eigenvalue weighted by Gasteiger charge is 2.32. The zero-order valence-electron chi connectivity index (χ0n) is 21.6. The molecule has 0 aliphatic rings. The van der Waals surface area contributed by atoms with Crippen LogP contribution in [0, 0.1) is 13.8 Å². The van der Waals surface area contributed by atoms with Gasteiger partial charge in [-0.25, -0.2) is 0 Å². The maximum absolute atomic E-state index is 12.2. The minimum absolute atomic E-state index is 0.0666. The average Bonchev–Trinajstić information content (AvgIpc) is 2.89. The van der Waals surface area contributed by atoms with Gasteiger partial charge in [-0.1, -0.05) is 96.1 Å². The second-order valence-corrected chi connectivity index (χ2v) is 11.6. The topological polar surface area (TPSA) is 146 Å². The van der Waals surface area contributed by atoms with E-state index in [-0.39, 0.29) is 15.6 Å². The van der Waals surface area contributed by atoms with Crippen molar-refractivity contribution in [3.8, 4) is 0 Å². The third kappa shape index (κ3) is 9.86. The van der Waals surface area contributed by atoms with Gasteiger partial charge in [-0.2, -0.15) is 16.8 Å². The van der Waals surface area contributed by atoms with Crippen LogP contribution in [-0.4, -0.2) is 36.8 Å². The maximum atomic E-state index is 12.2. The van der Waals surface area contributed by atoms with Crippen LogP contribution in [0.2, 0.25) is 0 Å². The lowest BCUT2D eigenvalue weighted by Crippen LogP contribution is -2.32. The fraction of sp³-hybridized carbons (Fsp3) is 0.138. The molecule has 3 N–H and O–H groups in total. The van der Waals surface area contributed by atoms with E-state index in [1.807, 2.05) is 38.1 Å². The molecule has 1 atom stereocenters. The van der Waals surface area contributed by atoms with Gasteiger partial charge in [0.2, 0.25) is 0 Å². The molecule has 0 aliphatic heterocycles. The third-order valence-corrected chi connectivity index (χ3v) is 7.19. The standard InChI is InChI=1S/C15H14O2.2C7H8O3S/c1-15(17,13-10-6-3-7-11-13)14(16)12-8-4-2-5-9-12;2*1-6-2-4-7(5-3-6)11(8,9)10/h2-11,17H,1H3;2*2-5H,1H3,(H,8,9,10). The largest absolute Gasteiger partial charge is 0.377 e. The fourth-order valence-corrected chi connectivity index (χ4v) is 4.14. The van der Waals surface area contributed by atoms with E-state index in [1.165, 1.54) is 31.2 Å². The molecule has 0 fully saturated rings. The van der Waals surface area contributed by atoms with Crippen molar-refractivity contribution in [3.05, 3.63) is 131 Å². The van der Waals surface area contributed by atoms with Gasteiger partial charge in [0.15, 0.2) is 5.78 Å². The van der Waals surface area contributed by atoms with E-state index < -0.39 is 25.8 Å². The molecule has 10 heteroatoms. The summed E-state index contributed by atoms with van der Waals surface area (Å²) >= 11 is 0. The summed E-state index contributed by atoms with van der Waals surface area (Å²) < 4.78 is 59.1. The van der Waals surface area contributed by atoms with Crippen LogP contribution in [0.15, 0.2) is 119 Å². The average molecular weight is 571 g/mol. The Morgan fingerprint density at radius 1 is 0.590 bits per heavy atom. The molecule has 206 valence electrons. The molecule has 8 nitrogen and oxygen atoms in total. The first-order valence-corrected chi connectivity index (χ1v) is 14.5. The van der Waals surface area contributed by atoms with Gasteiger partial charge in [0, 0.05) is 5.56 Å². The van der Waals surface area contributed by atoms with E-state index in [0.717, 1.165) is 11.1 Å². The fourth-order valence-electron chi connectivity index (χ4n) is 3.18. The van der Waals surface area contributed by atoms with Crippen LogP contribution in [-0.2, 0) is 25.8 Å². The Morgan fingerprint density at radius 3 is 1.26 bits per heavy atom. The molecule has 0 amide bonds. The third-order valence-electron chi connectivity index (χ3n) is 5.45. The van der Waals surface area contributed by atoms with Gasteiger partial charge in [0.05, 0.1) is 9.79 Å². The Morgan fingerprint density at radius 2 is 0.923 bits per heavy atom. The molecule has 0 aliphatic carbocycles. The summed E-state index contributed by atoms with van der Waals surface area (Å²) in [5.74, 6) is -0.288. The zero-order chi connectivity index (χ0) is 29.3. The molecule has 4 aromatic rings. The van der Waals surface area contributed by atoms with E-state index in [0.29, 0.717) is 11.1 Å². The van der Waals surface area contributed by atoms with Gasteiger partial charge in [-0.05, 0) is 50.6 Å². The first kappa shape index (κ1) is 31.5. The summed E-state index contributed by atoms with van der Waals surface area (Å²) in [6, 6.07) is 29.8. The van der Waals surface area contributed by atoms with Crippen molar-refractivity contribution in [2.45, 2.75) is 36.2 Å². The molecule has 39 heavy (non-hydrogen) atoms. The zero-order valence-corrected chi connectivity index (χ0v) is 23.2. The van der Waals surface area contributed by atoms with E-state index >= 15 is 0 Å². The van der Waals surface area contributed by atoms with Gasteiger partial charge in [-0.15, -0.1) is 0 Å². The molecule has 4 aromatic carbocycles. The monoisotopic (exact) mass is 570 g/mol. The predicted molar refractivity (Wildman–Crippen MR) is 149 cm³/mol. The van der Waals surface area contributed by atoms with Crippen molar-refractivity contribution in [2.24, 2.45) is 0 Å². The highest BCUT2D eigenvalue weighted by atomic mass is 32.2. The quantitative estimate of drug-likeness (QED) is 0.218. The molecule has 0 radical (unpaired) electrons. The van der Waals surface area contributed by atoms with E-state index in [4.69, 9.17) is 9.11 Å². The van der Waals surface area contributed by atoms with Crippen LogP contribution in [0.5, 0.6) is 0 Å². The minimum atomic E-state index is -4.02. The molecular weight excluding hydrogens is 540 g/mol. The Kier molecular flexibility index (Phi) is 10.8. The van der Waals surface area contributed by atoms with Gasteiger partial charge in [-0.3, -0.25) is 13.9 Å². The number of aliphatic hydroxyl groups is 1. The van der Waals surface area contributed by atoms with Crippen LogP contribution in [0.3, 0.4) is 0 Å². The number of aryl methyl sites for hydroxylation is 2. The predicted octanol–water partition coefficient (Wildman–Crippen LogP) is 5.26. The lowest BCUT2D eigenvalue weighted by Gasteiger charge is -2.22. The Labute approximate surface area is 229 Å². The Balaban J connectivity index is 0.000000214. The van der Waals surface area contributed by atoms with Crippen molar-refractivity contribution in [2.75, 3.05) is 0 Å². The normalized spacial score (nSPS) is 12.6. The van der Waals surface area contributed by atoms with Crippen molar-refractivity contribution < 1.29 is 35.8 Å². The van der Waals surface area contributed by atoms with Crippen LogP contribution in [0.1, 0.15) is 34.0 Å². The molecule has 0 saturated carbocycles. The van der Waals surface area contributed by atoms with Crippen molar-refractivity contribution >= 4 is 26.0 Å². The lowest BCUT2D eigenvalue weighted by atomic mass is 9.88. The van der Waals surface area contributed by atoms with Crippen molar-refractivity contribution in [1.29, 1.82) is 0 Å². The van der Waals surface area contributed by atoms with E-state index in [9.17, 15) is 26.7 Å². The summed E-state index contributed by atoms with van der Waals surface area (Å²) in [5, 5.41) is 10.4. The van der Waals surface area contributed by atoms with Gasteiger partial charge in [0.1, 0.15) is 5.60 Å². The summed E-state index contributed by atoms with van der Waals surface area (Å²) in [5.41, 5.74) is 1.55. The van der Waals surface area contributed by atoms with E-state index in [1.54, 1.807) is 60.7 Å². The van der Waals surface area contributed by atoms with Crippen LogP contribution in [0.4, 0.5) is 0 Å². The summed E-state index contributed by atoms with van der Waals surface area (Å²) in [4.78, 5) is 12.1. The highest BCUT2D eigenvalue weighted by Crippen LogP contribution is 2.25. The molecule has 0 spiro atoms. The molecule has 0 aromatic heterocycles. The summed E-state index contributed by atoms with van der Waals surface area (Å²) in [7, 11) is -8.04. The number of benzene rings is 4. The highest BCUT2D eigenvalue weighted by molar-refractivity contribution is 7.86. The molecule has 0 saturated heterocycles. The number of carbonyl (C=O) groups excluding carboxylic acids is 1. The first-order chi connectivity index (χ1) is 18.1. The Hall–Kier alpha value is -3.67. The number of ketones is 1. The minimum Gasteiger partial charge on any atom is -0.377 e. The summed E-state index contributed by atoms with van der Waals surface area (Å²) in [6.45, 7) is 5.21. The SMILES string of the molecule is CC(O)(C(=O)c1ccccc1)c1ccccc1.Cc1ccc(S(=O)(=O)O)cc1.Cc1ccc(S(=O)(=O)O)cc1. The molecule has 4 rings (SSSR count). The van der Waals surface area contributed by atoms with Crippen LogP contribution >= 0.6 is 0 Å². The molecular formula is C29H30O8S2. The number of hydrogen-bond acceptors (Lipinski definition) is 6. The number of carbonyl (C=O) groups is 1. The van der Waals surface area contributed by atoms with Gasteiger partial charge >= 0.3 is 0 Å². The smallest absolute Gasteiger partial charge is 0.294 e. The molecule has 0 heterocycles. The van der Waals surface area contributed by atoms with Crippen molar-refractivity contribution in [3.63, 3.8) is 0 Å². The van der Waals surface area contributed by atoms with Gasteiger partial charge in [0.25, 0.3) is 20.2 Å². The Bertz CT molecular complexity index is 1490. The van der Waals surface area contributed by atoms with Gasteiger partial charge < -0.3 is 5.11 Å².